The zero-order valence-corrected chi connectivity index (χ0v) is 9.73. The maximum atomic E-state index is 11.8. The minimum Gasteiger partial charge on any atom is -0.508 e. The van der Waals surface area contributed by atoms with E-state index >= 15 is 0 Å². The largest absolute Gasteiger partial charge is 0.508 e. The third-order valence-corrected chi connectivity index (χ3v) is 3.29. The summed E-state index contributed by atoms with van der Waals surface area (Å²) >= 11 is 0. The van der Waals surface area contributed by atoms with Crippen molar-refractivity contribution in [2.45, 2.75) is 11.8 Å². The maximum absolute atomic E-state index is 11.8. The number of nitrogens with zero attached hydrogens (tertiary/aromatic N) is 1. The second-order valence-corrected chi connectivity index (χ2v) is 5.08. The molecule has 0 unspecified atom stereocenters. The number of hydrogen-bond donors (Lipinski definition) is 2. The molecule has 0 atom stereocenters. The standard InChI is InChI=1S/C10H10N2O4S/c1-7-6-16-10(11-7)12-17(14,15)9-4-2-3-8(13)5-9/h2-6,13H,1H3,(H,11,12). The Kier molecular flexibility index (Phi) is 2.76. The molecule has 0 spiro atoms. The summed E-state index contributed by atoms with van der Waals surface area (Å²) in [6.45, 7) is 1.68. The van der Waals surface area contributed by atoms with Crippen LogP contribution in [-0.2, 0) is 10.0 Å². The van der Waals surface area contributed by atoms with Gasteiger partial charge < -0.3 is 9.52 Å². The molecule has 0 bridgehead atoms. The minimum absolute atomic E-state index is 0.0617. The number of phenolic OH excluding ortho intramolecular Hbond substituents is 1. The van der Waals surface area contributed by atoms with Gasteiger partial charge >= 0.3 is 6.01 Å². The molecule has 2 aromatic rings. The van der Waals surface area contributed by atoms with E-state index in [0.29, 0.717) is 5.69 Å². The van der Waals surface area contributed by atoms with E-state index in [4.69, 9.17) is 4.42 Å². The first-order valence-electron chi connectivity index (χ1n) is 4.71. The molecule has 1 heterocycles. The van der Waals surface area contributed by atoms with Crippen molar-refractivity contribution in [3.63, 3.8) is 0 Å². The van der Waals surface area contributed by atoms with Crippen LogP contribution >= 0.6 is 0 Å². The lowest BCUT2D eigenvalue weighted by molar-refractivity contribution is 0.473. The van der Waals surface area contributed by atoms with Crippen molar-refractivity contribution in [3.05, 3.63) is 36.2 Å². The summed E-state index contributed by atoms with van der Waals surface area (Å²) in [5, 5.41) is 9.22. The summed E-state index contributed by atoms with van der Waals surface area (Å²) in [6, 6.07) is 5.21. The van der Waals surface area contributed by atoms with Gasteiger partial charge in [0.2, 0.25) is 0 Å². The second-order valence-electron chi connectivity index (χ2n) is 3.40. The van der Waals surface area contributed by atoms with E-state index in [0.717, 1.165) is 6.07 Å². The molecule has 0 saturated carbocycles. The van der Waals surface area contributed by atoms with Crippen molar-refractivity contribution in [1.29, 1.82) is 0 Å². The van der Waals surface area contributed by atoms with Gasteiger partial charge in [0.05, 0.1) is 10.6 Å². The molecule has 0 radical (unpaired) electrons. The lowest BCUT2D eigenvalue weighted by atomic mass is 10.3. The lowest BCUT2D eigenvalue weighted by Gasteiger charge is -2.04. The first-order valence-corrected chi connectivity index (χ1v) is 6.20. The van der Waals surface area contributed by atoms with E-state index in [-0.39, 0.29) is 16.7 Å². The van der Waals surface area contributed by atoms with Crippen LogP contribution in [0.3, 0.4) is 0 Å². The maximum Gasteiger partial charge on any atom is 0.309 e. The highest BCUT2D eigenvalue weighted by Crippen LogP contribution is 2.19. The van der Waals surface area contributed by atoms with Crippen molar-refractivity contribution in [2.75, 3.05) is 4.72 Å². The van der Waals surface area contributed by atoms with Gasteiger partial charge in [0.1, 0.15) is 12.0 Å². The van der Waals surface area contributed by atoms with Crippen molar-refractivity contribution >= 4 is 16.0 Å². The molecule has 17 heavy (non-hydrogen) atoms. The van der Waals surface area contributed by atoms with Crippen LogP contribution in [0.15, 0.2) is 39.8 Å². The number of hydrogen-bond acceptors (Lipinski definition) is 5. The highest BCUT2D eigenvalue weighted by molar-refractivity contribution is 7.92. The number of oxazole rings is 1. The van der Waals surface area contributed by atoms with Gasteiger partial charge in [-0.3, -0.25) is 0 Å². The summed E-state index contributed by atoms with van der Waals surface area (Å²) in [5.41, 5.74) is 0.568. The molecule has 0 fully saturated rings. The first kappa shape index (κ1) is 11.5. The van der Waals surface area contributed by atoms with E-state index in [1.54, 1.807) is 6.92 Å². The molecule has 2 N–H and O–H groups in total. The minimum atomic E-state index is -3.79. The van der Waals surface area contributed by atoms with E-state index in [9.17, 15) is 13.5 Å². The van der Waals surface area contributed by atoms with E-state index < -0.39 is 10.0 Å². The molecule has 0 amide bonds. The molecule has 7 heteroatoms. The van der Waals surface area contributed by atoms with Crippen molar-refractivity contribution in [1.82, 2.24) is 4.98 Å². The smallest absolute Gasteiger partial charge is 0.309 e. The van der Waals surface area contributed by atoms with Gasteiger partial charge in [-0.05, 0) is 19.1 Å². The third kappa shape index (κ3) is 2.56. The van der Waals surface area contributed by atoms with E-state index in [1.807, 2.05) is 0 Å². The van der Waals surface area contributed by atoms with Gasteiger partial charge in [-0.15, -0.1) is 0 Å². The van der Waals surface area contributed by atoms with Gasteiger partial charge in [0.25, 0.3) is 10.0 Å². The third-order valence-electron chi connectivity index (χ3n) is 1.97. The Morgan fingerprint density at radius 3 is 2.76 bits per heavy atom. The highest BCUT2D eigenvalue weighted by Gasteiger charge is 2.17. The average Bonchev–Trinajstić information content (AvgIpc) is 2.63. The highest BCUT2D eigenvalue weighted by atomic mass is 32.2. The summed E-state index contributed by atoms with van der Waals surface area (Å²) in [7, 11) is -3.79. The molecule has 90 valence electrons. The predicted molar refractivity (Wildman–Crippen MR) is 60.2 cm³/mol. The normalized spacial score (nSPS) is 11.4. The van der Waals surface area contributed by atoms with Gasteiger partial charge in [-0.1, -0.05) is 6.07 Å². The molecule has 0 aliphatic carbocycles. The van der Waals surface area contributed by atoms with Crippen molar-refractivity contribution in [2.24, 2.45) is 0 Å². The fourth-order valence-corrected chi connectivity index (χ4v) is 2.20. The molecule has 6 nitrogen and oxygen atoms in total. The average molecular weight is 254 g/mol. The summed E-state index contributed by atoms with van der Waals surface area (Å²) in [4.78, 5) is 3.76. The van der Waals surface area contributed by atoms with Crippen LogP contribution in [0.5, 0.6) is 5.75 Å². The molecule has 0 saturated heterocycles. The fraction of sp³-hybridized carbons (Fsp3) is 0.100. The number of nitrogens with one attached hydrogen (secondary N) is 1. The Hall–Kier alpha value is -2.02. The predicted octanol–water partition coefficient (Wildman–Crippen LogP) is 1.49. The fourth-order valence-electron chi connectivity index (χ4n) is 1.23. The molecule has 1 aromatic heterocycles. The monoisotopic (exact) mass is 254 g/mol. The summed E-state index contributed by atoms with van der Waals surface area (Å²) in [5.74, 6) is -0.128. The van der Waals surface area contributed by atoms with Crippen LogP contribution in [-0.4, -0.2) is 18.5 Å². The number of phenols is 1. The Morgan fingerprint density at radius 2 is 2.18 bits per heavy atom. The Bertz CT molecular complexity index is 633. The van der Waals surface area contributed by atoms with Gasteiger partial charge in [-0.2, -0.15) is 4.98 Å². The van der Waals surface area contributed by atoms with Crippen LogP contribution in [0.25, 0.3) is 0 Å². The summed E-state index contributed by atoms with van der Waals surface area (Å²) in [6.07, 6.45) is 1.33. The zero-order chi connectivity index (χ0) is 12.5. The SMILES string of the molecule is Cc1coc(NS(=O)(=O)c2cccc(O)c2)n1. The quantitative estimate of drug-likeness (QED) is 0.865. The number of anilines is 1. The molecule has 0 aliphatic heterocycles. The second kappa shape index (κ2) is 4.10. The number of aryl methyl sites for hydroxylation is 1. The Labute approximate surface area is 98.0 Å². The van der Waals surface area contributed by atoms with Crippen LogP contribution in [0.2, 0.25) is 0 Å². The van der Waals surface area contributed by atoms with Crippen molar-refractivity contribution in [3.8, 4) is 5.75 Å². The molecule has 1 aromatic carbocycles. The van der Waals surface area contributed by atoms with E-state index in [2.05, 4.69) is 9.71 Å². The van der Waals surface area contributed by atoms with Crippen LogP contribution in [0.1, 0.15) is 5.69 Å². The molecule has 0 aliphatic rings. The number of benzene rings is 1. The number of aromatic nitrogens is 1. The topological polar surface area (TPSA) is 92.4 Å². The molecular formula is C10H10N2O4S. The van der Waals surface area contributed by atoms with Crippen LogP contribution in [0.4, 0.5) is 6.01 Å². The Morgan fingerprint density at radius 1 is 1.41 bits per heavy atom. The molecule has 2 rings (SSSR count). The Balaban J connectivity index is 2.31. The van der Waals surface area contributed by atoms with Gasteiger partial charge in [0, 0.05) is 6.07 Å². The summed E-state index contributed by atoms with van der Waals surface area (Å²) < 4.78 is 30.7. The lowest BCUT2D eigenvalue weighted by Crippen LogP contribution is -2.13. The van der Waals surface area contributed by atoms with E-state index in [1.165, 1.54) is 24.5 Å². The number of aromatic hydroxyl groups is 1. The first-order chi connectivity index (χ1) is 7.97. The zero-order valence-electron chi connectivity index (χ0n) is 8.91. The van der Waals surface area contributed by atoms with Crippen LogP contribution in [0, 0.1) is 6.92 Å². The number of sulfonamides is 1. The van der Waals surface area contributed by atoms with Crippen molar-refractivity contribution < 1.29 is 17.9 Å². The molecular weight excluding hydrogens is 244 g/mol. The number of rotatable bonds is 3. The van der Waals surface area contributed by atoms with Gasteiger partial charge in [-0.25, -0.2) is 13.1 Å². The van der Waals surface area contributed by atoms with Gasteiger partial charge in [0.15, 0.2) is 0 Å². The van der Waals surface area contributed by atoms with Crippen LogP contribution < -0.4 is 4.72 Å².